The largest absolute Gasteiger partial charge is 0.497 e. The van der Waals surface area contributed by atoms with Crippen molar-refractivity contribution in [2.75, 3.05) is 24.5 Å². The van der Waals surface area contributed by atoms with Crippen LogP contribution >= 0.6 is 0 Å². The number of sulfonamides is 1. The average molecular weight is 552 g/mol. The molecule has 0 aliphatic rings. The Bertz CT molecular complexity index is 1390. The van der Waals surface area contributed by atoms with Gasteiger partial charge in [0.1, 0.15) is 18.3 Å². The van der Waals surface area contributed by atoms with E-state index in [-0.39, 0.29) is 17.3 Å². The Hall–Kier alpha value is -3.85. The van der Waals surface area contributed by atoms with Gasteiger partial charge in [0.25, 0.3) is 10.0 Å². The number of amides is 2. The maximum atomic E-state index is 14.0. The first-order valence-electron chi connectivity index (χ1n) is 12.9. The predicted molar refractivity (Wildman–Crippen MR) is 153 cm³/mol. The van der Waals surface area contributed by atoms with Crippen LogP contribution in [0.15, 0.2) is 77.7 Å². The number of ether oxygens (including phenoxy) is 1. The Morgan fingerprint density at radius 2 is 1.69 bits per heavy atom. The monoisotopic (exact) mass is 551 g/mol. The lowest BCUT2D eigenvalue weighted by atomic mass is 10.1. The van der Waals surface area contributed by atoms with E-state index in [1.165, 1.54) is 17.0 Å². The zero-order valence-corrected chi connectivity index (χ0v) is 24.0. The second-order valence-electron chi connectivity index (χ2n) is 9.45. The smallest absolute Gasteiger partial charge is 0.264 e. The molecule has 0 radical (unpaired) electrons. The minimum Gasteiger partial charge on any atom is -0.497 e. The summed E-state index contributed by atoms with van der Waals surface area (Å²) in [4.78, 5) is 28.5. The average Bonchev–Trinajstić information content (AvgIpc) is 2.94. The van der Waals surface area contributed by atoms with Crippen LogP contribution in [0.3, 0.4) is 0 Å². The van der Waals surface area contributed by atoms with Crippen LogP contribution < -0.4 is 14.4 Å². The fourth-order valence-electron chi connectivity index (χ4n) is 4.17. The molecule has 9 heteroatoms. The summed E-state index contributed by atoms with van der Waals surface area (Å²) in [5.41, 5.74) is 2.73. The standard InChI is InChI=1S/C30H37N3O5S/c1-6-17-31-30(35)24(4)32(20-25-11-10-12-26(19-25)38-5)29(34)21-33(28-18-22(2)15-16-23(28)3)39(36,37)27-13-8-7-9-14-27/h7-16,18-19,24H,6,17,20-21H2,1-5H3,(H,31,35)/t24-/m1/s1. The molecule has 2 amide bonds. The van der Waals surface area contributed by atoms with Crippen molar-refractivity contribution in [3.8, 4) is 5.75 Å². The molecule has 208 valence electrons. The molecule has 0 saturated heterocycles. The first-order chi connectivity index (χ1) is 18.6. The predicted octanol–water partition coefficient (Wildman–Crippen LogP) is 4.45. The first kappa shape index (κ1) is 29.7. The number of hydrogen-bond acceptors (Lipinski definition) is 5. The molecule has 0 bridgehead atoms. The summed E-state index contributed by atoms with van der Waals surface area (Å²) in [7, 11) is -2.55. The highest BCUT2D eigenvalue weighted by atomic mass is 32.2. The van der Waals surface area contributed by atoms with E-state index in [2.05, 4.69) is 5.32 Å². The number of methoxy groups -OCH3 is 1. The Morgan fingerprint density at radius 1 is 0.974 bits per heavy atom. The van der Waals surface area contributed by atoms with E-state index in [0.717, 1.165) is 21.9 Å². The molecule has 3 rings (SSSR count). The molecule has 0 saturated carbocycles. The van der Waals surface area contributed by atoms with Gasteiger partial charge in [0.05, 0.1) is 17.7 Å². The maximum absolute atomic E-state index is 14.0. The molecule has 0 aliphatic heterocycles. The van der Waals surface area contributed by atoms with Crippen LogP contribution in [0.2, 0.25) is 0 Å². The van der Waals surface area contributed by atoms with E-state index in [9.17, 15) is 18.0 Å². The number of hydrogen-bond donors (Lipinski definition) is 1. The van der Waals surface area contributed by atoms with Crippen molar-refractivity contribution in [1.82, 2.24) is 10.2 Å². The molecule has 8 nitrogen and oxygen atoms in total. The molecule has 3 aromatic carbocycles. The lowest BCUT2D eigenvalue weighted by molar-refractivity contribution is -0.139. The third-order valence-electron chi connectivity index (χ3n) is 6.45. The summed E-state index contributed by atoms with van der Waals surface area (Å²) >= 11 is 0. The van der Waals surface area contributed by atoms with Gasteiger partial charge < -0.3 is 15.0 Å². The van der Waals surface area contributed by atoms with Crippen molar-refractivity contribution in [2.24, 2.45) is 0 Å². The fraction of sp³-hybridized carbons (Fsp3) is 0.333. The van der Waals surface area contributed by atoms with E-state index in [1.807, 2.05) is 39.0 Å². The van der Waals surface area contributed by atoms with Crippen LogP contribution in [0.5, 0.6) is 5.75 Å². The SMILES string of the molecule is CCCNC(=O)[C@@H](C)N(Cc1cccc(OC)c1)C(=O)CN(c1cc(C)ccc1C)S(=O)(=O)c1ccccc1. The minimum absolute atomic E-state index is 0.0757. The molecule has 0 spiro atoms. The number of rotatable bonds is 12. The number of benzene rings is 3. The van der Waals surface area contributed by atoms with Crippen LogP contribution in [0.1, 0.15) is 37.0 Å². The van der Waals surface area contributed by atoms with E-state index in [0.29, 0.717) is 23.5 Å². The van der Waals surface area contributed by atoms with E-state index in [1.54, 1.807) is 56.5 Å². The molecule has 1 N–H and O–H groups in total. The molecule has 0 fully saturated rings. The third kappa shape index (κ3) is 7.38. The highest BCUT2D eigenvalue weighted by Crippen LogP contribution is 2.28. The van der Waals surface area contributed by atoms with Crippen molar-refractivity contribution in [2.45, 2.75) is 51.6 Å². The summed E-state index contributed by atoms with van der Waals surface area (Å²) in [5, 5.41) is 2.84. The number of nitrogens with zero attached hydrogens (tertiary/aromatic N) is 2. The van der Waals surface area contributed by atoms with Crippen LogP contribution in [-0.4, -0.2) is 51.4 Å². The topological polar surface area (TPSA) is 96.0 Å². The summed E-state index contributed by atoms with van der Waals surface area (Å²) in [6.45, 7) is 7.37. The van der Waals surface area contributed by atoms with Gasteiger partial charge >= 0.3 is 0 Å². The van der Waals surface area contributed by atoms with Crippen molar-refractivity contribution >= 4 is 27.5 Å². The molecule has 1 atom stereocenters. The Labute approximate surface area is 231 Å². The quantitative estimate of drug-likeness (QED) is 0.359. The number of aryl methyl sites for hydroxylation is 2. The number of carbonyl (C=O) groups excluding carboxylic acids is 2. The third-order valence-corrected chi connectivity index (χ3v) is 8.22. The van der Waals surface area contributed by atoms with Gasteiger partial charge in [0.2, 0.25) is 11.8 Å². The number of anilines is 1. The van der Waals surface area contributed by atoms with Crippen molar-refractivity contribution in [1.29, 1.82) is 0 Å². The van der Waals surface area contributed by atoms with Crippen LogP contribution in [0.25, 0.3) is 0 Å². The number of carbonyl (C=O) groups is 2. The molecular formula is C30H37N3O5S. The van der Waals surface area contributed by atoms with Gasteiger partial charge in [0.15, 0.2) is 0 Å². The fourth-order valence-corrected chi connectivity index (χ4v) is 5.66. The van der Waals surface area contributed by atoms with E-state index < -0.39 is 28.5 Å². The zero-order valence-electron chi connectivity index (χ0n) is 23.2. The highest BCUT2D eigenvalue weighted by Gasteiger charge is 2.33. The molecule has 0 heterocycles. The van der Waals surface area contributed by atoms with Crippen molar-refractivity contribution in [3.63, 3.8) is 0 Å². The summed E-state index contributed by atoms with van der Waals surface area (Å²) in [6.07, 6.45) is 0.748. The summed E-state index contributed by atoms with van der Waals surface area (Å²) in [6, 6.07) is 19.9. The van der Waals surface area contributed by atoms with Gasteiger partial charge in [0, 0.05) is 13.1 Å². The molecule has 39 heavy (non-hydrogen) atoms. The Morgan fingerprint density at radius 3 is 2.36 bits per heavy atom. The molecule has 0 aliphatic carbocycles. The van der Waals surface area contributed by atoms with E-state index >= 15 is 0 Å². The molecule has 0 aromatic heterocycles. The normalized spacial score (nSPS) is 11.9. The first-order valence-corrected chi connectivity index (χ1v) is 14.4. The van der Waals surface area contributed by atoms with Gasteiger partial charge in [-0.1, -0.05) is 49.4 Å². The van der Waals surface area contributed by atoms with Crippen molar-refractivity contribution < 1.29 is 22.7 Å². The maximum Gasteiger partial charge on any atom is 0.264 e. The van der Waals surface area contributed by atoms with Crippen LogP contribution in [-0.2, 0) is 26.2 Å². The second-order valence-corrected chi connectivity index (χ2v) is 11.3. The Kier molecular flexibility index (Phi) is 10.1. The highest BCUT2D eigenvalue weighted by molar-refractivity contribution is 7.92. The van der Waals surface area contributed by atoms with E-state index in [4.69, 9.17) is 4.74 Å². The van der Waals surface area contributed by atoms with Gasteiger partial charge in [-0.2, -0.15) is 0 Å². The Balaban J connectivity index is 2.05. The van der Waals surface area contributed by atoms with Gasteiger partial charge in [-0.05, 0) is 74.2 Å². The second kappa shape index (κ2) is 13.3. The van der Waals surface area contributed by atoms with Crippen LogP contribution in [0, 0.1) is 13.8 Å². The van der Waals surface area contributed by atoms with Gasteiger partial charge in [-0.15, -0.1) is 0 Å². The molecule has 0 unspecified atom stereocenters. The lowest BCUT2D eigenvalue weighted by Crippen LogP contribution is -2.51. The zero-order chi connectivity index (χ0) is 28.6. The number of nitrogens with one attached hydrogen (secondary N) is 1. The van der Waals surface area contributed by atoms with Gasteiger partial charge in [-0.25, -0.2) is 8.42 Å². The molecular weight excluding hydrogens is 514 g/mol. The summed E-state index contributed by atoms with van der Waals surface area (Å²) in [5.74, 6) is -0.193. The summed E-state index contributed by atoms with van der Waals surface area (Å²) < 4.78 is 34.3. The minimum atomic E-state index is -4.10. The van der Waals surface area contributed by atoms with Crippen molar-refractivity contribution in [3.05, 3.63) is 89.5 Å². The van der Waals surface area contributed by atoms with Crippen LogP contribution in [0.4, 0.5) is 5.69 Å². The van der Waals surface area contributed by atoms with Gasteiger partial charge in [-0.3, -0.25) is 13.9 Å². The molecule has 3 aromatic rings. The lowest BCUT2D eigenvalue weighted by Gasteiger charge is -2.32.